The maximum Gasteiger partial charge on any atom is 0.355 e. The molecule has 1 amide bonds. The molecule has 0 fully saturated rings. The minimum absolute atomic E-state index is 0.338. The lowest BCUT2D eigenvalue weighted by Crippen LogP contribution is -2.17. The van der Waals surface area contributed by atoms with Gasteiger partial charge in [0.2, 0.25) is 0 Å². The Kier molecular flexibility index (Phi) is 6.49. The fourth-order valence-corrected chi connectivity index (χ4v) is 4.28. The number of carbonyl (C=O) groups is 2. The predicted octanol–water partition coefficient (Wildman–Crippen LogP) is 5.55. The zero-order valence-corrected chi connectivity index (χ0v) is 18.4. The molecule has 6 nitrogen and oxygen atoms in total. The van der Waals surface area contributed by atoms with E-state index in [0.717, 1.165) is 15.6 Å². The fraction of sp³-hybridized carbons (Fsp3) is 0.0417. The summed E-state index contributed by atoms with van der Waals surface area (Å²) in [4.78, 5) is 25.0. The lowest BCUT2D eigenvalue weighted by Gasteiger charge is -2.04. The number of hydrogen-bond acceptors (Lipinski definition) is 6. The Balaban J connectivity index is 1.36. The van der Waals surface area contributed by atoms with E-state index in [4.69, 9.17) is 21.1 Å². The van der Waals surface area contributed by atoms with E-state index in [1.165, 1.54) is 17.6 Å². The first-order valence-electron chi connectivity index (χ1n) is 9.52. The van der Waals surface area contributed by atoms with Crippen LogP contribution in [0.3, 0.4) is 0 Å². The van der Waals surface area contributed by atoms with E-state index in [1.807, 2.05) is 24.3 Å². The first kappa shape index (κ1) is 21.5. The smallest absolute Gasteiger partial charge is 0.355 e. The van der Waals surface area contributed by atoms with Crippen LogP contribution in [0.4, 0.5) is 0 Å². The van der Waals surface area contributed by atoms with E-state index in [9.17, 15) is 9.59 Å². The predicted molar refractivity (Wildman–Crippen MR) is 126 cm³/mol. The average molecular weight is 465 g/mol. The molecule has 160 valence electrons. The quantitative estimate of drug-likeness (QED) is 0.176. The van der Waals surface area contributed by atoms with E-state index in [1.54, 1.807) is 55.6 Å². The van der Waals surface area contributed by atoms with Crippen LogP contribution in [0.1, 0.15) is 25.6 Å². The summed E-state index contributed by atoms with van der Waals surface area (Å²) in [5, 5.41) is 5.18. The number of rotatable bonds is 6. The maximum atomic E-state index is 12.5. The SMILES string of the molecule is COc1ccc(C(=O)NN=Cc2ccc(OC(=O)c3sc4ccccc4c3Cl)cc2)cc1. The molecule has 0 aliphatic heterocycles. The number of benzene rings is 3. The Morgan fingerprint density at radius 3 is 2.34 bits per heavy atom. The summed E-state index contributed by atoms with van der Waals surface area (Å²) in [7, 11) is 1.56. The summed E-state index contributed by atoms with van der Waals surface area (Å²) in [6, 6.07) is 21.0. The Morgan fingerprint density at radius 1 is 0.969 bits per heavy atom. The van der Waals surface area contributed by atoms with Gasteiger partial charge in [-0.1, -0.05) is 29.8 Å². The highest BCUT2D eigenvalue weighted by molar-refractivity contribution is 7.21. The lowest BCUT2D eigenvalue weighted by atomic mass is 10.2. The number of nitrogens with zero attached hydrogens (tertiary/aromatic N) is 1. The number of thiophene rings is 1. The van der Waals surface area contributed by atoms with Gasteiger partial charge < -0.3 is 9.47 Å². The van der Waals surface area contributed by atoms with Crippen molar-refractivity contribution >= 4 is 51.1 Å². The Labute approximate surface area is 193 Å². The molecule has 8 heteroatoms. The number of methoxy groups -OCH3 is 1. The molecule has 0 unspecified atom stereocenters. The zero-order chi connectivity index (χ0) is 22.5. The molecule has 1 N–H and O–H groups in total. The molecule has 0 aliphatic carbocycles. The van der Waals surface area contributed by atoms with Crippen LogP contribution in [-0.4, -0.2) is 25.2 Å². The second-order valence-electron chi connectivity index (χ2n) is 6.63. The Morgan fingerprint density at radius 2 is 1.66 bits per heavy atom. The van der Waals surface area contributed by atoms with Crippen molar-refractivity contribution in [3.63, 3.8) is 0 Å². The van der Waals surface area contributed by atoms with E-state index in [0.29, 0.717) is 27.0 Å². The molecule has 0 radical (unpaired) electrons. The van der Waals surface area contributed by atoms with Crippen molar-refractivity contribution in [2.24, 2.45) is 5.10 Å². The van der Waals surface area contributed by atoms with Crippen molar-refractivity contribution in [3.05, 3.63) is 93.8 Å². The summed E-state index contributed by atoms with van der Waals surface area (Å²) in [5.74, 6) is 0.197. The Bertz CT molecular complexity index is 1300. The summed E-state index contributed by atoms with van der Waals surface area (Å²) >= 11 is 7.63. The van der Waals surface area contributed by atoms with Gasteiger partial charge in [0.1, 0.15) is 16.4 Å². The molecular weight excluding hydrogens is 448 g/mol. The molecular formula is C24H17ClN2O4S. The van der Waals surface area contributed by atoms with Gasteiger partial charge in [-0.25, -0.2) is 10.2 Å². The third kappa shape index (κ3) is 4.80. The number of hydrazone groups is 1. The fourth-order valence-electron chi connectivity index (χ4n) is 2.89. The standard InChI is InChI=1S/C24H17ClN2O4S/c1-30-17-12-8-16(9-13-17)23(28)27-26-14-15-6-10-18(11-7-15)31-24(29)22-21(25)19-4-2-3-5-20(19)32-22/h2-14H,1H3,(H,27,28). The number of amides is 1. The average Bonchev–Trinajstić information content (AvgIpc) is 3.17. The summed E-state index contributed by atoms with van der Waals surface area (Å²) in [6.07, 6.45) is 1.50. The van der Waals surface area contributed by atoms with Crippen molar-refractivity contribution in [1.82, 2.24) is 5.43 Å². The molecule has 4 rings (SSSR count). The summed E-state index contributed by atoms with van der Waals surface area (Å²) < 4.78 is 11.4. The van der Waals surface area contributed by atoms with Crippen molar-refractivity contribution in [2.45, 2.75) is 0 Å². The number of esters is 1. The van der Waals surface area contributed by atoms with E-state index in [-0.39, 0.29) is 5.91 Å². The van der Waals surface area contributed by atoms with Gasteiger partial charge in [-0.05, 0) is 60.2 Å². The van der Waals surface area contributed by atoms with Gasteiger partial charge in [-0.3, -0.25) is 4.79 Å². The van der Waals surface area contributed by atoms with Crippen LogP contribution in [0, 0.1) is 0 Å². The van der Waals surface area contributed by atoms with E-state index < -0.39 is 5.97 Å². The first-order valence-corrected chi connectivity index (χ1v) is 10.7. The molecule has 0 bridgehead atoms. The molecule has 0 aliphatic rings. The van der Waals surface area contributed by atoms with Gasteiger partial charge in [0, 0.05) is 15.6 Å². The first-order chi connectivity index (χ1) is 15.5. The van der Waals surface area contributed by atoms with Gasteiger partial charge in [0.15, 0.2) is 0 Å². The Hall–Kier alpha value is -3.68. The summed E-state index contributed by atoms with van der Waals surface area (Å²) in [6.45, 7) is 0. The molecule has 1 aromatic heterocycles. The van der Waals surface area contributed by atoms with Crippen LogP contribution < -0.4 is 14.9 Å². The molecule has 4 aromatic rings. The third-order valence-corrected chi connectivity index (χ3v) is 6.20. The van der Waals surface area contributed by atoms with Crippen molar-refractivity contribution in [1.29, 1.82) is 0 Å². The molecule has 3 aromatic carbocycles. The second-order valence-corrected chi connectivity index (χ2v) is 8.06. The maximum absolute atomic E-state index is 12.5. The number of ether oxygens (including phenoxy) is 2. The highest BCUT2D eigenvalue weighted by Crippen LogP contribution is 2.35. The number of carbonyl (C=O) groups excluding carboxylic acids is 2. The van der Waals surface area contributed by atoms with Crippen LogP contribution in [0.2, 0.25) is 5.02 Å². The minimum atomic E-state index is -0.510. The zero-order valence-electron chi connectivity index (χ0n) is 16.9. The topological polar surface area (TPSA) is 77.0 Å². The van der Waals surface area contributed by atoms with Crippen molar-refractivity contribution < 1.29 is 19.1 Å². The normalized spacial score (nSPS) is 10.9. The van der Waals surface area contributed by atoms with Gasteiger partial charge >= 0.3 is 5.97 Å². The molecule has 0 saturated heterocycles. The number of nitrogens with one attached hydrogen (secondary N) is 1. The molecule has 0 atom stereocenters. The molecule has 32 heavy (non-hydrogen) atoms. The largest absolute Gasteiger partial charge is 0.497 e. The van der Waals surface area contributed by atoms with Crippen molar-refractivity contribution in [3.8, 4) is 11.5 Å². The molecule has 1 heterocycles. The highest BCUT2D eigenvalue weighted by Gasteiger charge is 2.18. The monoisotopic (exact) mass is 464 g/mol. The third-order valence-electron chi connectivity index (χ3n) is 4.54. The minimum Gasteiger partial charge on any atom is -0.497 e. The van der Waals surface area contributed by atoms with Gasteiger partial charge in [0.05, 0.1) is 18.3 Å². The van der Waals surface area contributed by atoms with E-state index >= 15 is 0 Å². The number of fused-ring (bicyclic) bond motifs is 1. The van der Waals surface area contributed by atoms with E-state index in [2.05, 4.69) is 10.5 Å². The highest BCUT2D eigenvalue weighted by atomic mass is 35.5. The molecule has 0 spiro atoms. The van der Waals surface area contributed by atoms with Crippen LogP contribution in [0.25, 0.3) is 10.1 Å². The lowest BCUT2D eigenvalue weighted by molar-refractivity contribution is 0.0739. The van der Waals surface area contributed by atoms with Gasteiger partial charge in [-0.15, -0.1) is 11.3 Å². The second kappa shape index (κ2) is 9.64. The van der Waals surface area contributed by atoms with Crippen LogP contribution in [-0.2, 0) is 0 Å². The molecule has 0 saturated carbocycles. The van der Waals surface area contributed by atoms with Crippen LogP contribution in [0.15, 0.2) is 77.9 Å². The van der Waals surface area contributed by atoms with Crippen LogP contribution >= 0.6 is 22.9 Å². The van der Waals surface area contributed by atoms with Crippen molar-refractivity contribution in [2.75, 3.05) is 7.11 Å². The summed E-state index contributed by atoms with van der Waals surface area (Å²) in [5.41, 5.74) is 3.65. The van der Waals surface area contributed by atoms with Gasteiger partial charge in [0.25, 0.3) is 5.91 Å². The number of hydrogen-bond donors (Lipinski definition) is 1. The number of halogens is 1. The van der Waals surface area contributed by atoms with Crippen LogP contribution in [0.5, 0.6) is 11.5 Å². The van der Waals surface area contributed by atoms with Gasteiger partial charge in [-0.2, -0.15) is 5.10 Å².